The maximum atomic E-state index is 12.9. The van der Waals surface area contributed by atoms with Crippen LogP contribution in [0.2, 0.25) is 0 Å². The van der Waals surface area contributed by atoms with Crippen molar-refractivity contribution in [3.8, 4) is 0 Å². The maximum Gasteiger partial charge on any atom is 0.252 e. The minimum Gasteiger partial charge on any atom is -0.352 e. The number of aromatic nitrogens is 1. The highest BCUT2D eigenvalue weighted by Crippen LogP contribution is 2.22. The number of rotatable bonds is 6. The first kappa shape index (κ1) is 17.6. The molecule has 0 aliphatic heterocycles. The number of hydrogen-bond donors (Lipinski definition) is 1. The summed E-state index contributed by atoms with van der Waals surface area (Å²) in [5, 5.41) is 2.88. The zero-order chi connectivity index (χ0) is 18.4. The van der Waals surface area contributed by atoms with Gasteiger partial charge in [-0.2, -0.15) is 0 Å². The molecule has 1 heterocycles. The van der Waals surface area contributed by atoms with E-state index in [0.29, 0.717) is 18.5 Å². The Labute approximate surface area is 152 Å². The quantitative estimate of drug-likeness (QED) is 0.733. The largest absolute Gasteiger partial charge is 0.352 e. The Hall–Kier alpha value is -3.21. The van der Waals surface area contributed by atoms with Crippen LogP contribution in [-0.2, 0) is 6.42 Å². The number of benzene rings is 2. The number of nitrogens with one attached hydrogen (secondary N) is 1. The van der Waals surface area contributed by atoms with Crippen molar-refractivity contribution in [3.63, 3.8) is 0 Å². The smallest absolute Gasteiger partial charge is 0.252 e. The number of hydrogen-bond acceptors (Lipinski definition) is 3. The molecule has 26 heavy (non-hydrogen) atoms. The highest BCUT2D eigenvalue weighted by atomic mass is 19.1. The minimum atomic E-state index is -0.261. The van der Waals surface area contributed by atoms with E-state index >= 15 is 0 Å². The van der Waals surface area contributed by atoms with E-state index in [-0.39, 0.29) is 11.7 Å². The van der Waals surface area contributed by atoms with Crippen LogP contribution in [0.1, 0.15) is 15.9 Å². The van der Waals surface area contributed by atoms with Gasteiger partial charge in [0.1, 0.15) is 5.82 Å². The van der Waals surface area contributed by atoms with E-state index in [9.17, 15) is 9.18 Å². The fourth-order valence-electron chi connectivity index (χ4n) is 2.61. The zero-order valence-corrected chi connectivity index (χ0v) is 14.5. The molecule has 0 unspecified atom stereocenters. The van der Waals surface area contributed by atoms with Crippen molar-refractivity contribution >= 4 is 17.3 Å². The number of halogens is 1. The molecule has 0 spiro atoms. The normalized spacial score (nSPS) is 10.4. The van der Waals surface area contributed by atoms with Crippen molar-refractivity contribution in [2.24, 2.45) is 0 Å². The zero-order valence-electron chi connectivity index (χ0n) is 14.5. The average molecular weight is 349 g/mol. The van der Waals surface area contributed by atoms with Crippen LogP contribution in [0.15, 0.2) is 73.1 Å². The van der Waals surface area contributed by atoms with Crippen molar-refractivity contribution in [1.82, 2.24) is 10.3 Å². The number of anilines is 2. The van der Waals surface area contributed by atoms with Gasteiger partial charge in [-0.3, -0.25) is 9.78 Å². The molecule has 132 valence electrons. The lowest BCUT2D eigenvalue weighted by molar-refractivity contribution is 0.0954. The second-order valence-corrected chi connectivity index (χ2v) is 5.96. The van der Waals surface area contributed by atoms with Gasteiger partial charge in [-0.15, -0.1) is 0 Å². The van der Waals surface area contributed by atoms with E-state index in [1.165, 1.54) is 12.1 Å². The van der Waals surface area contributed by atoms with Gasteiger partial charge >= 0.3 is 0 Å². The number of pyridine rings is 1. The summed E-state index contributed by atoms with van der Waals surface area (Å²) >= 11 is 0. The molecule has 2 aromatic carbocycles. The van der Waals surface area contributed by atoms with Crippen molar-refractivity contribution in [2.75, 3.05) is 18.5 Å². The lowest BCUT2D eigenvalue weighted by atomic mass is 10.1. The first-order valence-electron chi connectivity index (χ1n) is 8.40. The number of amides is 1. The highest BCUT2D eigenvalue weighted by Gasteiger charge is 2.10. The maximum absolute atomic E-state index is 12.9. The van der Waals surface area contributed by atoms with E-state index in [4.69, 9.17) is 0 Å². The van der Waals surface area contributed by atoms with Crippen LogP contribution in [0.25, 0.3) is 0 Å². The average Bonchev–Trinajstić information content (AvgIpc) is 2.69. The molecule has 0 fully saturated rings. The van der Waals surface area contributed by atoms with Gasteiger partial charge in [-0.25, -0.2) is 4.39 Å². The van der Waals surface area contributed by atoms with Crippen LogP contribution in [0.4, 0.5) is 15.8 Å². The molecule has 5 heteroatoms. The lowest BCUT2D eigenvalue weighted by Gasteiger charge is -2.19. The van der Waals surface area contributed by atoms with E-state index in [0.717, 1.165) is 16.9 Å². The van der Waals surface area contributed by atoms with Crippen molar-refractivity contribution in [2.45, 2.75) is 6.42 Å². The van der Waals surface area contributed by atoms with Crippen LogP contribution in [0, 0.1) is 5.82 Å². The Morgan fingerprint density at radius 2 is 1.77 bits per heavy atom. The third-order valence-electron chi connectivity index (χ3n) is 4.13. The van der Waals surface area contributed by atoms with Crippen molar-refractivity contribution < 1.29 is 9.18 Å². The van der Waals surface area contributed by atoms with Crippen LogP contribution in [0.5, 0.6) is 0 Å². The van der Waals surface area contributed by atoms with Gasteiger partial charge in [-0.05, 0) is 42.3 Å². The lowest BCUT2D eigenvalue weighted by Crippen LogP contribution is -2.26. The second kappa shape index (κ2) is 8.25. The van der Waals surface area contributed by atoms with E-state index in [1.54, 1.807) is 24.5 Å². The SMILES string of the molecule is CN(c1ccccc1)c1cncc(C(=O)NCCc2ccc(F)cc2)c1. The summed E-state index contributed by atoms with van der Waals surface area (Å²) in [4.78, 5) is 18.5. The molecule has 1 amide bonds. The van der Waals surface area contributed by atoms with Crippen molar-refractivity contribution in [1.29, 1.82) is 0 Å². The first-order chi connectivity index (χ1) is 12.6. The summed E-state index contributed by atoms with van der Waals surface area (Å²) in [6.07, 6.45) is 3.92. The molecule has 4 nitrogen and oxygen atoms in total. The molecule has 1 aromatic heterocycles. The number of carbonyl (C=O) groups excluding carboxylic acids is 1. The summed E-state index contributed by atoms with van der Waals surface area (Å²) < 4.78 is 12.9. The molecular weight excluding hydrogens is 329 g/mol. The second-order valence-electron chi connectivity index (χ2n) is 5.96. The third kappa shape index (κ3) is 4.45. The summed E-state index contributed by atoms with van der Waals surface area (Å²) in [7, 11) is 1.93. The molecule has 0 saturated carbocycles. The molecule has 0 aliphatic rings. The minimum absolute atomic E-state index is 0.178. The predicted octanol–water partition coefficient (Wildman–Crippen LogP) is 3.96. The predicted molar refractivity (Wildman–Crippen MR) is 101 cm³/mol. The third-order valence-corrected chi connectivity index (χ3v) is 4.13. The number of para-hydroxylation sites is 1. The van der Waals surface area contributed by atoms with Crippen molar-refractivity contribution in [3.05, 3.63) is 90.0 Å². The highest BCUT2D eigenvalue weighted by molar-refractivity contribution is 5.94. The molecule has 0 saturated heterocycles. The molecule has 3 rings (SSSR count). The van der Waals surface area contributed by atoms with Crippen LogP contribution >= 0.6 is 0 Å². The van der Waals surface area contributed by atoms with Crippen LogP contribution < -0.4 is 10.2 Å². The summed E-state index contributed by atoms with van der Waals surface area (Å²) in [5.41, 5.74) is 3.33. The molecule has 0 aliphatic carbocycles. The van der Waals surface area contributed by atoms with E-state index < -0.39 is 0 Å². The Morgan fingerprint density at radius 3 is 2.50 bits per heavy atom. The van der Waals surface area contributed by atoms with Gasteiger partial charge in [0, 0.05) is 25.5 Å². The van der Waals surface area contributed by atoms with Crippen LogP contribution in [-0.4, -0.2) is 24.5 Å². The fraction of sp³-hybridized carbons (Fsp3) is 0.143. The van der Waals surface area contributed by atoms with Gasteiger partial charge in [0.15, 0.2) is 0 Å². The Kier molecular flexibility index (Phi) is 5.59. The molecule has 1 N–H and O–H groups in total. The molecule has 3 aromatic rings. The van der Waals surface area contributed by atoms with Gasteiger partial charge < -0.3 is 10.2 Å². The van der Waals surface area contributed by atoms with E-state index in [1.807, 2.05) is 48.3 Å². The van der Waals surface area contributed by atoms with Crippen LogP contribution in [0.3, 0.4) is 0 Å². The van der Waals surface area contributed by atoms with Gasteiger partial charge in [-0.1, -0.05) is 30.3 Å². The first-order valence-corrected chi connectivity index (χ1v) is 8.40. The Morgan fingerprint density at radius 1 is 1.04 bits per heavy atom. The standard InChI is InChI=1S/C21H20FN3O/c1-25(19-5-3-2-4-6-19)20-13-17(14-23-15-20)21(26)24-12-11-16-7-9-18(22)10-8-16/h2-10,13-15H,11-12H2,1H3,(H,24,26). The summed E-state index contributed by atoms with van der Waals surface area (Å²) in [6, 6.07) is 18.0. The molecule has 0 bridgehead atoms. The van der Waals surface area contributed by atoms with Gasteiger partial charge in [0.2, 0.25) is 0 Å². The monoisotopic (exact) mass is 349 g/mol. The van der Waals surface area contributed by atoms with Gasteiger partial charge in [0.05, 0.1) is 17.4 Å². The molecule has 0 radical (unpaired) electrons. The Bertz CT molecular complexity index is 866. The fourth-order valence-corrected chi connectivity index (χ4v) is 2.61. The summed E-state index contributed by atoms with van der Waals surface area (Å²) in [5.74, 6) is -0.439. The van der Waals surface area contributed by atoms with E-state index in [2.05, 4.69) is 10.3 Å². The molecular formula is C21H20FN3O. The summed E-state index contributed by atoms with van der Waals surface area (Å²) in [6.45, 7) is 0.475. The number of nitrogens with zero attached hydrogens (tertiary/aromatic N) is 2. The molecule has 0 atom stereocenters. The number of carbonyl (C=O) groups is 1. The van der Waals surface area contributed by atoms with Gasteiger partial charge in [0.25, 0.3) is 5.91 Å². The Balaban J connectivity index is 1.62. The topological polar surface area (TPSA) is 45.2 Å².